The van der Waals surface area contributed by atoms with Crippen LogP contribution in [0.3, 0.4) is 0 Å². The summed E-state index contributed by atoms with van der Waals surface area (Å²) in [4.78, 5) is 22.8. The van der Waals surface area contributed by atoms with Crippen molar-refractivity contribution in [2.45, 2.75) is 32.2 Å². The number of rotatable bonds is 9. The smallest absolute Gasteiger partial charge is 0.270 e. The second-order valence-corrected chi connectivity index (χ2v) is 7.16. The maximum Gasteiger partial charge on any atom is 0.270 e. The van der Waals surface area contributed by atoms with E-state index in [1.165, 1.54) is 30.0 Å². The minimum absolute atomic E-state index is 0.104. The van der Waals surface area contributed by atoms with Crippen molar-refractivity contribution in [2.24, 2.45) is 0 Å². The Balaban J connectivity index is 1.66. The SMILES string of the molecule is CCn1c(COc2ccccc2C)nnc1SCC(=O)c1cccc([N+](=O)[O-])c1. The highest BCUT2D eigenvalue weighted by Gasteiger charge is 2.16. The summed E-state index contributed by atoms with van der Waals surface area (Å²) in [6, 6.07) is 13.5. The molecule has 0 amide bonds. The molecule has 9 heteroatoms. The molecule has 0 aliphatic carbocycles. The quantitative estimate of drug-likeness (QED) is 0.226. The maximum atomic E-state index is 12.4. The first-order valence-electron chi connectivity index (χ1n) is 9.00. The molecule has 0 N–H and O–H groups in total. The highest BCUT2D eigenvalue weighted by atomic mass is 32.2. The summed E-state index contributed by atoms with van der Waals surface area (Å²) in [6.07, 6.45) is 0. The number of carbonyl (C=O) groups excluding carboxylic acids is 1. The summed E-state index contributed by atoms with van der Waals surface area (Å²) in [5, 5.41) is 19.8. The van der Waals surface area contributed by atoms with Crippen molar-refractivity contribution >= 4 is 23.2 Å². The van der Waals surface area contributed by atoms with Crippen LogP contribution in [0.15, 0.2) is 53.7 Å². The van der Waals surface area contributed by atoms with Gasteiger partial charge in [0.25, 0.3) is 5.69 Å². The van der Waals surface area contributed by atoms with E-state index in [0.717, 1.165) is 11.3 Å². The Morgan fingerprint density at radius 2 is 2.00 bits per heavy atom. The Labute approximate surface area is 172 Å². The van der Waals surface area contributed by atoms with E-state index in [1.54, 1.807) is 6.07 Å². The number of aryl methyl sites for hydroxylation is 1. The van der Waals surface area contributed by atoms with Crippen LogP contribution < -0.4 is 4.74 Å². The second kappa shape index (κ2) is 9.33. The van der Waals surface area contributed by atoms with E-state index in [4.69, 9.17) is 4.74 Å². The van der Waals surface area contributed by atoms with Gasteiger partial charge in [-0.15, -0.1) is 10.2 Å². The molecular formula is C20H20N4O4S. The van der Waals surface area contributed by atoms with E-state index in [9.17, 15) is 14.9 Å². The lowest BCUT2D eigenvalue weighted by molar-refractivity contribution is -0.384. The Hall–Kier alpha value is -3.20. The molecule has 1 heterocycles. The van der Waals surface area contributed by atoms with Gasteiger partial charge in [-0.05, 0) is 25.5 Å². The molecule has 150 valence electrons. The average Bonchev–Trinajstić information content (AvgIpc) is 3.13. The Kier molecular flexibility index (Phi) is 6.61. The van der Waals surface area contributed by atoms with Crippen molar-refractivity contribution in [3.8, 4) is 5.75 Å². The van der Waals surface area contributed by atoms with E-state index in [2.05, 4.69) is 10.2 Å². The summed E-state index contributed by atoms with van der Waals surface area (Å²) in [7, 11) is 0. The second-order valence-electron chi connectivity index (χ2n) is 6.22. The van der Waals surface area contributed by atoms with Gasteiger partial charge in [0, 0.05) is 24.2 Å². The predicted octanol–water partition coefficient (Wildman–Crippen LogP) is 4.07. The molecule has 0 spiro atoms. The molecule has 3 aromatic rings. The molecule has 0 saturated carbocycles. The lowest BCUT2D eigenvalue weighted by atomic mass is 10.1. The highest BCUT2D eigenvalue weighted by Crippen LogP contribution is 2.22. The fraction of sp³-hybridized carbons (Fsp3) is 0.250. The summed E-state index contributed by atoms with van der Waals surface area (Å²) in [5.41, 5.74) is 1.23. The number of hydrogen-bond acceptors (Lipinski definition) is 7. The molecule has 0 radical (unpaired) electrons. The molecular weight excluding hydrogens is 392 g/mol. The number of benzene rings is 2. The number of aromatic nitrogens is 3. The van der Waals surface area contributed by atoms with E-state index < -0.39 is 4.92 Å². The Bertz CT molecular complexity index is 1030. The molecule has 8 nitrogen and oxygen atoms in total. The van der Waals surface area contributed by atoms with E-state index >= 15 is 0 Å². The zero-order chi connectivity index (χ0) is 20.8. The fourth-order valence-electron chi connectivity index (χ4n) is 2.72. The highest BCUT2D eigenvalue weighted by molar-refractivity contribution is 7.99. The monoisotopic (exact) mass is 412 g/mol. The summed E-state index contributed by atoms with van der Waals surface area (Å²) in [6.45, 7) is 4.84. The van der Waals surface area contributed by atoms with E-state index in [1.807, 2.05) is 42.7 Å². The van der Waals surface area contributed by atoms with Gasteiger partial charge >= 0.3 is 0 Å². The third kappa shape index (κ3) is 5.00. The van der Waals surface area contributed by atoms with Crippen LogP contribution in [0.4, 0.5) is 5.69 Å². The number of nitro benzene ring substituents is 1. The molecule has 0 aliphatic heterocycles. The van der Waals surface area contributed by atoms with E-state index in [0.29, 0.717) is 23.1 Å². The number of ketones is 1. The zero-order valence-electron chi connectivity index (χ0n) is 16.1. The number of nitrogens with zero attached hydrogens (tertiary/aromatic N) is 4. The van der Waals surface area contributed by atoms with Crippen LogP contribution in [0.2, 0.25) is 0 Å². The van der Waals surface area contributed by atoms with Crippen LogP contribution >= 0.6 is 11.8 Å². The first-order valence-corrected chi connectivity index (χ1v) is 9.99. The van der Waals surface area contributed by atoms with Gasteiger partial charge in [0.1, 0.15) is 12.4 Å². The summed E-state index contributed by atoms with van der Waals surface area (Å²) < 4.78 is 7.74. The van der Waals surface area contributed by atoms with Gasteiger partial charge in [-0.25, -0.2) is 0 Å². The third-order valence-electron chi connectivity index (χ3n) is 4.27. The number of thioether (sulfide) groups is 1. The minimum atomic E-state index is -0.516. The molecule has 0 saturated heterocycles. The Morgan fingerprint density at radius 1 is 1.21 bits per heavy atom. The summed E-state index contributed by atoms with van der Waals surface area (Å²) >= 11 is 1.25. The number of Topliss-reactive ketones (excluding diaryl/α,β-unsaturated/α-hetero) is 1. The van der Waals surface area contributed by atoms with Crippen molar-refractivity contribution in [2.75, 3.05) is 5.75 Å². The van der Waals surface area contributed by atoms with Crippen LogP contribution in [-0.4, -0.2) is 31.2 Å². The predicted molar refractivity (Wildman–Crippen MR) is 109 cm³/mol. The van der Waals surface area contributed by atoms with Gasteiger partial charge in [0.2, 0.25) is 0 Å². The van der Waals surface area contributed by atoms with Crippen molar-refractivity contribution in [3.05, 3.63) is 75.6 Å². The molecule has 0 atom stereocenters. The largest absolute Gasteiger partial charge is 0.485 e. The standard InChI is InChI=1S/C20H20N4O4S/c1-3-23-19(12-28-18-10-5-4-7-14(18)2)21-22-20(23)29-13-17(25)15-8-6-9-16(11-15)24(26)27/h4-11H,3,12-13H2,1-2H3. The fourth-order valence-corrected chi connectivity index (χ4v) is 3.63. The number of hydrogen-bond donors (Lipinski definition) is 0. The van der Waals surface area contributed by atoms with Gasteiger partial charge in [-0.3, -0.25) is 14.9 Å². The number of nitro groups is 1. The van der Waals surface area contributed by atoms with Crippen LogP contribution in [0.5, 0.6) is 5.75 Å². The maximum absolute atomic E-state index is 12.4. The molecule has 0 aliphatic rings. The van der Waals surface area contributed by atoms with Crippen LogP contribution in [-0.2, 0) is 13.2 Å². The number of carbonyl (C=O) groups is 1. The molecule has 29 heavy (non-hydrogen) atoms. The van der Waals surface area contributed by atoms with Crippen LogP contribution in [0.1, 0.15) is 28.7 Å². The first kappa shape index (κ1) is 20.5. The molecule has 3 rings (SSSR count). The Morgan fingerprint density at radius 3 is 2.72 bits per heavy atom. The van der Waals surface area contributed by atoms with Gasteiger partial charge in [0.15, 0.2) is 16.8 Å². The van der Waals surface area contributed by atoms with Crippen LogP contribution in [0.25, 0.3) is 0 Å². The normalized spacial score (nSPS) is 10.7. The number of ether oxygens (including phenoxy) is 1. The number of para-hydroxylation sites is 1. The summed E-state index contributed by atoms with van der Waals surface area (Å²) in [5.74, 6) is 1.36. The van der Waals surface area contributed by atoms with Crippen molar-refractivity contribution < 1.29 is 14.5 Å². The van der Waals surface area contributed by atoms with Gasteiger partial charge in [-0.2, -0.15) is 0 Å². The van der Waals surface area contributed by atoms with Crippen LogP contribution in [0, 0.1) is 17.0 Å². The zero-order valence-corrected chi connectivity index (χ0v) is 16.9. The van der Waals surface area contributed by atoms with Crippen molar-refractivity contribution in [1.82, 2.24) is 14.8 Å². The topological polar surface area (TPSA) is 100 Å². The number of non-ortho nitro benzene ring substituents is 1. The molecule has 0 bridgehead atoms. The third-order valence-corrected chi connectivity index (χ3v) is 5.24. The molecule has 2 aromatic carbocycles. The lowest BCUT2D eigenvalue weighted by Crippen LogP contribution is -2.09. The first-order chi connectivity index (χ1) is 14.0. The average molecular weight is 412 g/mol. The molecule has 0 unspecified atom stereocenters. The van der Waals surface area contributed by atoms with Crippen molar-refractivity contribution in [1.29, 1.82) is 0 Å². The molecule has 1 aromatic heterocycles. The van der Waals surface area contributed by atoms with E-state index in [-0.39, 0.29) is 23.8 Å². The van der Waals surface area contributed by atoms with Gasteiger partial charge < -0.3 is 9.30 Å². The minimum Gasteiger partial charge on any atom is -0.485 e. The van der Waals surface area contributed by atoms with Crippen molar-refractivity contribution in [3.63, 3.8) is 0 Å². The molecule has 0 fully saturated rings. The van der Waals surface area contributed by atoms with Gasteiger partial charge in [0.05, 0.1) is 10.7 Å². The lowest BCUT2D eigenvalue weighted by Gasteiger charge is -2.10. The van der Waals surface area contributed by atoms with Gasteiger partial charge in [-0.1, -0.05) is 42.1 Å².